The fraction of sp³-hybridized carbons (Fsp3) is 0.900. The molecule has 0 aromatic heterocycles. The number of aliphatic carboxylic acids is 1. The van der Waals surface area contributed by atoms with E-state index in [0.717, 1.165) is 25.9 Å². The van der Waals surface area contributed by atoms with Crippen LogP contribution in [-0.4, -0.2) is 34.6 Å². The average Bonchev–Trinajstić information content (AvgIpc) is 2.61. The molecule has 2 aliphatic carbocycles. The van der Waals surface area contributed by atoms with Crippen LogP contribution in [0, 0.1) is 5.41 Å². The van der Waals surface area contributed by atoms with Crippen molar-refractivity contribution < 1.29 is 9.90 Å². The van der Waals surface area contributed by atoms with Crippen LogP contribution < -0.4 is 0 Å². The maximum absolute atomic E-state index is 11.0. The van der Waals surface area contributed by atoms with E-state index >= 15 is 0 Å². The van der Waals surface area contributed by atoms with E-state index in [2.05, 4.69) is 4.90 Å². The van der Waals surface area contributed by atoms with E-state index in [9.17, 15) is 4.79 Å². The second-order valence-corrected chi connectivity index (χ2v) is 5.05. The van der Waals surface area contributed by atoms with Crippen LogP contribution in [0.2, 0.25) is 0 Å². The fourth-order valence-corrected chi connectivity index (χ4v) is 2.84. The van der Waals surface area contributed by atoms with Gasteiger partial charge >= 0.3 is 5.97 Å². The van der Waals surface area contributed by atoms with Gasteiger partial charge in [-0.1, -0.05) is 6.42 Å². The molecule has 1 N–H and O–H groups in total. The lowest BCUT2D eigenvalue weighted by molar-refractivity contribution is -0.157. The molecule has 1 saturated heterocycles. The zero-order valence-corrected chi connectivity index (χ0v) is 7.75. The van der Waals surface area contributed by atoms with Crippen molar-refractivity contribution in [3.63, 3.8) is 0 Å². The zero-order chi connectivity index (χ0) is 9.10. The lowest BCUT2D eigenvalue weighted by Gasteiger charge is -2.58. The molecule has 3 fully saturated rings. The molecular weight excluding hydrogens is 166 g/mol. The Morgan fingerprint density at radius 2 is 1.77 bits per heavy atom. The number of carbonyl (C=O) groups is 1. The van der Waals surface area contributed by atoms with Gasteiger partial charge in [0.15, 0.2) is 0 Å². The van der Waals surface area contributed by atoms with E-state index in [0.29, 0.717) is 5.41 Å². The van der Waals surface area contributed by atoms with Gasteiger partial charge in [-0.3, -0.25) is 9.69 Å². The van der Waals surface area contributed by atoms with Crippen LogP contribution in [0.25, 0.3) is 0 Å². The Hall–Kier alpha value is -0.570. The highest BCUT2D eigenvalue weighted by atomic mass is 16.4. The topological polar surface area (TPSA) is 40.5 Å². The number of carboxylic acids is 1. The average molecular weight is 181 g/mol. The monoisotopic (exact) mass is 181 g/mol. The van der Waals surface area contributed by atoms with E-state index in [1.54, 1.807) is 0 Å². The number of carboxylic acid groups (broad SMARTS) is 1. The Morgan fingerprint density at radius 1 is 1.15 bits per heavy atom. The van der Waals surface area contributed by atoms with E-state index in [1.807, 2.05) is 0 Å². The summed E-state index contributed by atoms with van der Waals surface area (Å²) in [5.74, 6) is -0.596. The van der Waals surface area contributed by atoms with Crippen molar-refractivity contribution >= 4 is 5.97 Å². The summed E-state index contributed by atoms with van der Waals surface area (Å²) in [6.07, 6.45) is 5.77. The maximum atomic E-state index is 11.0. The molecule has 0 atom stereocenters. The molecule has 3 rings (SSSR count). The molecule has 0 aromatic carbocycles. The smallest absolute Gasteiger partial charge is 0.324 e. The van der Waals surface area contributed by atoms with Crippen molar-refractivity contribution in [2.45, 2.75) is 37.6 Å². The first-order valence-electron chi connectivity index (χ1n) is 5.16. The molecule has 13 heavy (non-hydrogen) atoms. The summed E-state index contributed by atoms with van der Waals surface area (Å²) in [4.78, 5) is 13.2. The van der Waals surface area contributed by atoms with Gasteiger partial charge in [0.05, 0.1) is 0 Å². The van der Waals surface area contributed by atoms with Crippen molar-refractivity contribution in [2.75, 3.05) is 13.1 Å². The number of rotatable bonds is 2. The zero-order valence-electron chi connectivity index (χ0n) is 7.75. The number of likely N-dealkylation sites (tertiary alicyclic amines) is 1. The summed E-state index contributed by atoms with van der Waals surface area (Å²) >= 11 is 0. The van der Waals surface area contributed by atoms with Gasteiger partial charge in [0.2, 0.25) is 0 Å². The Balaban J connectivity index is 1.67. The minimum Gasteiger partial charge on any atom is -0.480 e. The highest BCUT2D eigenvalue weighted by molar-refractivity contribution is 5.82. The largest absolute Gasteiger partial charge is 0.480 e. The summed E-state index contributed by atoms with van der Waals surface area (Å²) in [6.45, 7) is 2.11. The van der Waals surface area contributed by atoms with Crippen LogP contribution in [0.5, 0.6) is 0 Å². The quantitative estimate of drug-likeness (QED) is 0.693. The second-order valence-electron chi connectivity index (χ2n) is 5.05. The summed E-state index contributed by atoms with van der Waals surface area (Å²) in [7, 11) is 0. The van der Waals surface area contributed by atoms with Gasteiger partial charge in [-0.25, -0.2) is 0 Å². The Labute approximate surface area is 77.7 Å². The number of hydrogen-bond donors (Lipinski definition) is 1. The first-order chi connectivity index (χ1) is 6.17. The van der Waals surface area contributed by atoms with Gasteiger partial charge in [-0.2, -0.15) is 0 Å². The predicted molar refractivity (Wildman–Crippen MR) is 47.5 cm³/mol. The lowest BCUT2D eigenvalue weighted by Crippen LogP contribution is -2.65. The predicted octanol–water partition coefficient (Wildman–Crippen LogP) is 1.09. The fourth-order valence-electron chi connectivity index (χ4n) is 2.84. The lowest BCUT2D eigenvalue weighted by atomic mass is 9.63. The standard InChI is InChI=1S/C10H15NO2/c12-8(13)10(4-5-10)11-6-9(7-11)2-1-3-9/h1-7H2,(H,12,13). The van der Waals surface area contributed by atoms with Gasteiger partial charge in [0.25, 0.3) is 0 Å². The Bertz CT molecular complexity index is 258. The van der Waals surface area contributed by atoms with E-state index in [1.165, 1.54) is 19.3 Å². The number of hydrogen-bond acceptors (Lipinski definition) is 2. The van der Waals surface area contributed by atoms with Gasteiger partial charge in [-0.05, 0) is 31.1 Å². The van der Waals surface area contributed by atoms with Crippen LogP contribution in [-0.2, 0) is 4.79 Å². The van der Waals surface area contributed by atoms with Gasteiger partial charge in [-0.15, -0.1) is 0 Å². The summed E-state index contributed by atoms with van der Waals surface area (Å²) in [5.41, 5.74) is 0.145. The first kappa shape index (κ1) is 7.80. The van der Waals surface area contributed by atoms with Gasteiger partial charge < -0.3 is 5.11 Å². The van der Waals surface area contributed by atoms with E-state index in [-0.39, 0.29) is 0 Å². The third-order valence-corrected chi connectivity index (χ3v) is 4.19. The summed E-state index contributed by atoms with van der Waals surface area (Å²) < 4.78 is 0. The molecule has 0 unspecified atom stereocenters. The van der Waals surface area contributed by atoms with Crippen molar-refractivity contribution in [1.82, 2.24) is 4.90 Å². The van der Waals surface area contributed by atoms with Crippen molar-refractivity contribution in [2.24, 2.45) is 5.41 Å². The van der Waals surface area contributed by atoms with Gasteiger partial charge in [0.1, 0.15) is 5.54 Å². The third-order valence-electron chi connectivity index (χ3n) is 4.19. The third kappa shape index (κ3) is 0.857. The molecule has 3 heteroatoms. The molecule has 1 aliphatic heterocycles. The van der Waals surface area contributed by atoms with E-state index < -0.39 is 11.5 Å². The minimum atomic E-state index is -0.596. The van der Waals surface area contributed by atoms with Crippen LogP contribution in [0.3, 0.4) is 0 Å². The molecule has 3 aliphatic rings. The van der Waals surface area contributed by atoms with Crippen LogP contribution in [0.15, 0.2) is 0 Å². The van der Waals surface area contributed by atoms with Gasteiger partial charge in [0, 0.05) is 13.1 Å². The van der Waals surface area contributed by atoms with Crippen molar-refractivity contribution in [1.29, 1.82) is 0 Å². The summed E-state index contributed by atoms with van der Waals surface area (Å²) in [6, 6.07) is 0. The Morgan fingerprint density at radius 3 is 2.08 bits per heavy atom. The molecule has 1 heterocycles. The molecule has 2 saturated carbocycles. The minimum absolute atomic E-state index is 0.416. The normalized spacial score (nSPS) is 33.5. The van der Waals surface area contributed by atoms with Crippen molar-refractivity contribution in [3.8, 4) is 0 Å². The molecule has 0 radical (unpaired) electrons. The maximum Gasteiger partial charge on any atom is 0.324 e. The molecule has 1 spiro atoms. The van der Waals surface area contributed by atoms with Crippen LogP contribution >= 0.6 is 0 Å². The molecule has 72 valence electrons. The highest BCUT2D eigenvalue weighted by Crippen LogP contribution is 2.55. The Kier molecular flexibility index (Phi) is 1.25. The molecule has 0 amide bonds. The SMILES string of the molecule is O=C(O)C1(N2CC3(CCC3)C2)CC1. The van der Waals surface area contributed by atoms with E-state index in [4.69, 9.17) is 5.11 Å². The number of nitrogens with zero attached hydrogens (tertiary/aromatic N) is 1. The van der Waals surface area contributed by atoms with Crippen LogP contribution in [0.4, 0.5) is 0 Å². The first-order valence-corrected chi connectivity index (χ1v) is 5.16. The molecule has 3 nitrogen and oxygen atoms in total. The summed E-state index contributed by atoms with van der Waals surface area (Å²) in [5, 5.41) is 9.06. The molecule has 0 bridgehead atoms. The molecular formula is C10H15NO2. The second kappa shape index (κ2) is 2.08. The molecule has 0 aromatic rings. The van der Waals surface area contributed by atoms with Crippen molar-refractivity contribution in [3.05, 3.63) is 0 Å². The highest BCUT2D eigenvalue weighted by Gasteiger charge is 2.62. The van der Waals surface area contributed by atoms with Crippen LogP contribution in [0.1, 0.15) is 32.1 Å².